The minimum atomic E-state index is -0.0503. The molecule has 8 heteroatoms. The highest BCUT2D eigenvalue weighted by atomic mass is 16.3. The summed E-state index contributed by atoms with van der Waals surface area (Å²) in [5.74, 6) is 1.24. The highest BCUT2D eigenvalue weighted by molar-refractivity contribution is 5.91. The van der Waals surface area contributed by atoms with Gasteiger partial charge in [-0.2, -0.15) is 5.10 Å². The van der Waals surface area contributed by atoms with Gasteiger partial charge in [-0.05, 0) is 31.5 Å². The van der Waals surface area contributed by atoms with Crippen molar-refractivity contribution < 1.29 is 9.21 Å². The number of hydrogen-bond donors (Lipinski definition) is 1. The molecule has 8 nitrogen and oxygen atoms in total. The number of rotatable bonds is 5. The molecular weight excluding hydrogens is 332 g/mol. The molecule has 2 aromatic rings. The average Bonchev–Trinajstić information content (AvgIpc) is 3.32. The van der Waals surface area contributed by atoms with Crippen molar-refractivity contribution >= 4 is 11.9 Å². The van der Waals surface area contributed by atoms with Crippen molar-refractivity contribution in [3.8, 4) is 0 Å². The van der Waals surface area contributed by atoms with Crippen molar-refractivity contribution in [1.29, 1.82) is 0 Å². The number of aliphatic imine (C=N–C) groups is 1. The standard InChI is InChI=1S/C18H26N6O2/c1-3-19-18(20-6-7-24-14-15(2)13-21-24)23-10-8-22(9-11-23)17(25)16-5-4-12-26-16/h4-5,12-14H,3,6-11H2,1-2H3,(H,19,20). The first-order chi connectivity index (χ1) is 12.7. The zero-order valence-corrected chi connectivity index (χ0v) is 15.4. The van der Waals surface area contributed by atoms with Crippen LogP contribution >= 0.6 is 0 Å². The Morgan fingerprint density at radius 1 is 1.31 bits per heavy atom. The van der Waals surface area contributed by atoms with E-state index in [0.29, 0.717) is 25.4 Å². The molecule has 0 aliphatic carbocycles. The van der Waals surface area contributed by atoms with Crippen molar-refractivity contribution in [3.05, 3.63) is 42.1 Å². The zero-order chi connectivity index (χ0) is 18.4. The summed E-state index contributed by atoms with van der Waals surface area (Å²) in [5.41, 5.74) is 1.15. The minimum absolute atomic E-state index is 0.0503. The van der Waals surface area contributed by atoms with Crippen molar-refractivity contribution in [2.75, 3.05) is 39.3 Å². The highest BCUT2D eigenvalue weighted by Crippen LogP contribution is 2.09. The van der Waals surface area contributed by atoms with Crippen LogP contribution in [0.15, 0.2) is 40.2 Å². The van der Waals surface area contributed by atoms with Crippen LogP contribution in [0.1, 0.15) is 23.0 Å². The fraction of sp³-hybridized carbons (Fsp3) is 0.500. The van der Waals surface area contributed by atoms with E-state index in [4.69, 9.17) is 9.41 Å². The summed E-state index contributed by atoms with van der Waals surface area (Å²) in [4.78, 5) is 21.1. The molecule has 0 saturated carbocycles. The molecule has 1 aliphatic heterocycles. The zero-order valence-electron chi connectivity index (χ0n) is 15.4. The molecule has 1 aliphatic rings. The second kappa shape index (κ2) is 8.55. The van der Waals surface area contributed by atoms with Crippen LogP contribution in [0.25, 0.3) is 0 Å². The monoisotopic (exact) mass is 358 g/mol. The van der Waals surface area contributed by atoms with E-state index < -0.39 is 0 Å². The first-order valence-corrected chi connectivity index (χ1v) is 9.02. The molecule has 0 atom stereocenters. The lowest BCUT2D eigenvalue weighted by Gasteiger charge is -2.36. The van der Waals surface area contributed by atoms with Gasteiger partial charge in [0, 0.05) is 38.9 Å². The van der Waals surface area contributed by atoms with E-state index in [-0.39, 0.29) is 5.91 Å². The van der Waals surface area contributed by atoms with Gasteiger partial charge < -0.3 is 19.5 Å². The van der Waals surface area contributed by atoms with E-state index in [2.05, 4.69) is 22.2 Å². The van der Waals surface area contributed by atoms with Gasteiger partial charge in [0.1, 0.15) is 0 Å². The topological polar surface area (TPSA) is 78.9 Å². The Labute approximate surface area is 153 Å². The number of nitrogens with zero attached hydrogens (tertiary/aromatic N) is 5. The van der Waals surface area contributed by atoms with E-state index >= 15 is 0 Å². The minimum Gasteiger partial charge on any atom is -0.459 e. The summed E-state index contributed by atoms with van der Waals surface area (Å²) in [5, 5.41) is 7.62. The Bertz CT molecular complexity index is 729. The van der Waals surface area contributed by atoms with Gasteiger partial charge in [-0.1, -0.05) is 0 Å². The number of amides is 1. The lowest BCUT2D eigenvalue weighted by atomic mass is 10.3. The predicted octanol–water partition coefficient (Wildman–Crippen LogP) is 1.21. The summed E-state index contributed by atoms with van der Waals surface area (Å²) >= 11 is 0. The van der Waals surface area contributed by atoms with E-state index in [1.165, 1.54) is 6.26 Å². The average molecular weight is 358 g/mol. The van der Waals surface area contributed by atoms with Crippen LogP contribution in [-0.4, -0.2) is 70.7 Å². The maximum atomic E-state index is 12.4. The number of carbonyl (C=O) groups is 1. The van der Waals surface area contributed by atoms with Crippen LogP contribution < -0.4 is 5.32 Å². The van der Waals surface area contributed by atoms with Crippen LogP contribution in [0, 0.1) is 6.92 Å². The molecule has 0 bridgehead atoms. The predicted molar refractivity (Wildman–Crippen MR) is 99.1 cm³/mol. The third-order valence-electron chi connectivity index (χ3n) is 4.29. The SMILES string of the molecule is CCNC(=NCCn1cc(C)cn1)N1CCN(C(=O)c2ccco2)CC1. The molecule has 140 valence electrons. The molecule has 1 saturated heterocycles. The molecule has 0 spiro atoms. The van der Waals surface area contributed by atoms with E-state index in [1.807, 2.05) is 28.9 Å². The third kappa shape index (κ3) is 4.44. The van der Waals surface area contributed by atoms with Crippen LogP contribution in [0.5, 0.6) is 0 Å². The van der Waals surface area contributed by atoms with Crippen LogP contribution in [0.2, 0.25) is 0 Å². The van der Waals surface area contributed by atoms with Gasteiger partial charge in [-0.15, -0.1) is 0 Å². The maximum Gasteiger partial charge on any atom is 0.289 e. The molecule has 3 rings (SSSR count). The second-order valence-electron chi connectivity index (χ2n) is 6.27. The summed E-state index contributed by atoms with van der Waals surface area (Å²) in [6, 6.07) is 3.44. The third-order valence-corrected chi connectivity index (χ3v) is 4.29. The molecule has 0 unspecified atom stereocenters. The molecule has 0 aromatic carbocycles. The molecule has 1 amide bonds. The molecular formula is C18H26N6O2. The van der Waals surface area contributed by atoms with Gasteiger partial charge in [-0.3, -0.25) is 14.5 Å². The van der Waals surface area contributed by atoms with Gasteiger partial charge in [0.15, 0.2) is 11.7 Å². The first kappa shape index (κ1) is 18.0. The summed E-state index contributed by atoms with van der Waals surface area (Å²) in [6.45, 7) is 9.12. The normalized spacial score (nSPS) is 15.4. The molecule has 2 aromatic heterocycles. The van der Waals surface area contributed by atoms with Gasteiger partial charge >= 0.3 is 0 Å². The number of aryl methyl sites for hydroxylation is 1. The highest BCUT2D eigenvalue weighted by Gasteiger charge is 2.25. The van der Waals surface area contributed by atoms with Crippen LogP contribution in [-0.2, 0) is 6.54 Å². The van der Waals surface area contributed by atoms with Crippen LogP contribution in [0.3, 0.4) is 0 Å². The molecule has 3 heterocycles. The first-order valence-electron chi connectivity index (χ1n) is 9.02. The van der Waals surface area contributed by atoms with E-state index in [0.717, 1.165) is 37.7 Å². The number of furan rings is 1. The number of guanidine groups is 1. The number of aromatic nitrogens is 2. The van der Waals surface area contributed by atoms with Gasteiger partial charge in [0.25, 0.3) is 5.91 Å². The van der Waals surface area contributed by atoms with Gasteiger partial charge in [-0.25, -0.2) is 0 Å². The van der Waals surface area contributed by atoms with Crippen molar-refractivity contribution in [2.45, 2.75) is 20.4 Å². The number of hydrogen-bond acceptors (Lipinski definition) is 4. The van der Waals surface area contributed by atoms with Gasteiger partial charge in [0.05, 0.1) is 25.5 Å². The number of piperazine rings is 1. The van der Waals surface area contributed by atoms with Gasteiger partial charge in [0.2, 0.25) is 0 Å². The van der Waals surface area contributed by atoms with Crippen molar-refractivity contribution in [1.82, 2.24) is 24.9 Å². The summed E-state index contributed by atoms with van der Waals surface area (Å²) < 4.78 is 7.11. The smallest absolute Gasteiger partial charge is 0.289 e. The van der Waals surface area contributed by atoms with Crippen molar-refractivity contribution in [3.63, 3.8) is 0 Å². The Morgan fingerprint density at radius 2 is 2.08 bits per heavy atom. The van der Waals surface area contributed by atoms with E-state index in [1.54, 1.807) is 12.1 Å². The number of nitrogens with one attached hydrogen (secondary N) is 1. The lowest BCUT2D eigenvalue weighted by Crippen LogP contribution is -2.53. The fourth-order valence-corrected chi connectivity index (χ4v) is 2.95. The summed E-state index contributed by atoms with van der Waals surface area (Å²) in [6.07, 6.45) is 5.39. The Hall–Kier alpha value is -2.77. The lowest BCUT2D eigenvalue weighted by molar-refractivity contribution is 0.0657. The summed E-state index contributed by atoms with van der Waals surface area (Å²) in [7, 11) is 0. The Morgan fingerprint density at radius 3 is 2.69 bits per heavy atom. The fourth-order valence-electron chi connectivity index (χ4n) is 2.95. The van der Waals surface area contributed by atoms with Crippen molar-refractivity contribution in [2.24, 2.45) is 4.99 Å². The molecule has 26 heavy (non-hydrogen) atoms. The van der Waals surface area contributed by atoms with E-state index in [9.17, 15) is 4.79 Å². The number of carbonyl (C=O) groups excluding carboxylic acids is 1. The quantitative estimate of drug-likeness (QED) is 0.642. The molecule has 1 N–H and O–H groups in total. The van der Waals surface area contributed by atoms with Crippen LogP contribution in [0.4, 0.5) is 0 Å². The Kier molecular flexibility index (Phi) is 5.93. The molecule has 1 fully saturated rings. The second-order valence-corrected chi connectivity index (χ2v) is 6.27. The maximum absolute atomic E-state index is 12.4. The largest absolute Gasteiger partial charge is 0.459 e. The Balaban J connectivity index is 1.54. The molecule has 0 radical (unpaired) electrons.